The van der Waals surface area contributed by atoms with Crippen LogP contribution in [0, 0.1) is 20.2 Å². The first-order valence-electron chi connectivity index (χ1n) is 6.28. The highest BCUT2D eigenvalue weighted by atomic mass is 32.2. The summed E-state index contributed by atoms with van der Waals surface area (Å²) < 4.78 is 5.04. The van der Waals surface area contributed by atoms with Crippen LogP contribution >= 0.6 is 11.8 Å². The SMILES string of the molecule is O=C(CSc1ccc([N+](=O)[O-])cc1)Oc1ccc([N+](=O)[O-])cc1. The summed E-state index contributed by atoms with van der Waals surface area (Å²) in [6.45, 7) is 0. The highest BCUT2D eigenvalue weighted by Gasteiger charge is 2.10. The molecule has 0 N–H and O–H groups in total. The van der Waals surface area contributed by atoms with Crippen LogP contribution in [0.4, 0.5) is 11.4 Å². The summed E-state index contributed by atoms with van der Waals surface area (Å²) in [5.74, 6) is -0.304. The van der Waals surface area contributed by atoms with E-state index in [-0.39, 0.29) is 22.9 Å². The number of nitrogens with zero attached hydrogens (tertiary/aromatic N) is 2. The number of non-ortho nitro benzene ring substituents is 2. The minimum absolute atomic E-state index is 0.00873. The van der Waals surface area contributed by atoms with Crippen LogP contribution in [0.5, 0.6) is 5.75 Å². The maximum absolute atomic E-state index is 11.7. The fraction of sp³-hybridized carbons (Fsp3) is 0.0714. The Morgan fingerprint density at radius 2 is 1.39 bits per heavy atom. The second kappa shape index (κ2) is 7.36. The van der Waals surface area contributed by atoms with Gasteiger partial charge >= 0.3 is 5.97 Å². The first-order valence-corrected chi connectivity index (χ1v) is 7.26. The lowest BCUT2D eigenvalue weighted by Crippen LogP contribution is -2.10. The van der Waals surface area contributed by atoms with Crippen molar-refractivity contribution in [3.05, 3.63) is 68.8 Å². The molecule has 9 heteroatoms. The van der Waals surface area contributed by atoms with E-state index < -0.39 is 15.8 Å². The van der Waals surface area contributed by atoms with Crippen molar-refractivity contribution in [2.75, 3.05) is 5.75 Å². The van der Waals surface area contributed by atoms with E-state index in [9.17, 15) is 25.0 Å². The lowest BCUT2D eigenvalue weighted by molar-refractivity contribution is -0.385. The maximum atomic E-state index is 11.7. The molecule has 0 bridgehead atoms. The normalized spacial score (nSPS) is 10.1. The van der Waals surface area contributed by atoms with E-state index in [1.807, 2.05) is 0 Å². The van der Waals surface area contributed by atoms with Crippen molar-refractivity contribution in [3.63, 3.8) is 0 Å². The van der Waals surface area contributed by atoms with Gasteiger partial charge in [0, 0.05) is 29.2 Å². The number of nitro benzene ring substituents is 2. The molecular formula is C14H10N2O6S. The molecule has 8 nitrogen and oxygen atoms in total. The Bertz CT molecular complexity index is 730. The molecule has 0 aliphatic heterocycles. The Labute approximate surface area is 134 Å². The van der Waals surface area contributed by atoms with Gasteiger partial charge in [0.25, 0.3) is 11.4 Å². The summed E-state index contributed by atoms with van der Waals surface area (Å²) in [6, 6.07) is 11.0. The van der Waals surface area contributed by atoms with Gasteiger partial charge in [-0.3, -0.25) is 25.0 Å². The van der Waals surface area contributed by atoms with Gasteiger partial charge in [0.1, 0.15) is 5.75 Å². The van der Waals surface area contributed by atoms with Crippen LogP contribution in [0.2, 0.25) is 0 Å². The van der Waals surface area contributed by atoms with Crippen molar-refractivity contribution in [1.82, 2.24) is 0 Å². The van der Waals surface area contributed by atoms with Gasteiger partial charge in [-0.05, 0) is 24.3 Å². The van der Waals surface area contributed by atoms with Gasteiger partial charge in [-0.2, -0.15) is 0 Å². The molecular weight excluding hydrogens is 324 g/mol. The van der Waals surface area contributed by atoms with Crippen molar-refractivity contribution >= 4 is 29.1 Å². The molecule has 0 saturated carbocycles. The molecule has 118 valence electrons. The Kier molecular flexibility index (Phi) is 5.26. The molecule has 0 aromatic heterocycles. The van der Waals surface area contributed by atoms with Crippen molar-refractivity contribution in [1.29, 1.82) is 0 Å². The third-order valence-corrected chi connectivity index (χ3v) is 3.67. The summed E-state index contributed by atoms with van der Waals surface area (Å²) in [4.78, 5) is 32.4. The van der Waals surface area contributed by atoms with Gasteiger partial charge in [-0.15, -0.1) is 11.8 Å². The van der Waals surface area contributed by atoms with E-state index in [0.717, 1.165) is 0 Å². The molecule has 0 aliphatic rings. The van der Waals surface area contributed by atoms with Crippen LogP contribution < -0.4 is 4.74 Å². The monoisotopic (exact) mass is 334 g/mol. The number of hydrogen-bond donors (Lipinski definition) is 0. The minimum Gasteiger partial charge on any atom is -0.426 e. The second-order valence-corrected chi connectivity index (χ2v) is 5.31. The fourth-order valence-corrected chi connectivity index (χ4v) is 2.28. The summed E-state index contributed by atoms with van der Waals surface area (Å²) in [6.07, 6.45) is 0. The Morgan fingerprint density at radius 1 is 0.913 bits per heavy atom. The number of rotatable bonds is 6. The van der Waals surface area contributed by atoms with Gasteiger partial charge in [0.15, 0.2) is 0 Å². The number of thioether (sulfide) groups is 1. The van der Waals surface area contributed by atoms with Crippen LogP contribution in [0.15, 0.2) is 53.4 Å². The van der Waals surface area contributed by atoms with E-state index >= 15 is 0 Å². The third-order valence-electron chi connectivity index (χ3n) is 2.68. The summed E-state index contributed by atoms with van der Waals surface area (Å²) in [5, 5.41) is 21.0. The predicted molar refractivity (Wildman–Crippen MR) is 82.6 cm³/mol. The van der Waals surface area contributed by atoms with E-state index in [0.29, 0.717) is 4.90 Å². The zero-order valence-corrected chi connectivity index (χ0v) is 12.4. The molecule has 23 heavy (non-hydrogen) atoms. The molecule has 0 saturated heterocycles. The summed E-state index contributed by atoms with van der Waals surface area (Å²) in [7, 11) is 0. The van der Waals surface area contributed by atoms with Gasteiger partial charge in [0.2, 0.25) is 0 Å². The fourth-order valence-electron chi connectivity index (χ4n) is 1.60. The molecule has 0 atom stereocenters. The van der Waals surface area contributed by atoms with Crippen molar-refractivity contribution < 1.29 is 19.4 Å². The molecule has 0 amide bonds. The number of nitro groups is 2. The average Bonchev–Trinajstić information content (AvgIpc) is 2.54. The minimum atomic E-state index is -0.546. The quantitative estimate of drug-likeness (QED) is 0.262. The van der Waals surface area contributed by atoms with Gasteiger partial charge in [0.05, 0.1) is 15.6 Å². The molecule has 0 fully saturated rings. The van der Waals surface area contributed by atoms with E-state index in [1.165, 1.54) is 48.2 Å². The summed E-state index contributed by atoms with van der Waals surface area (Å²) in [5.41, 5.74) is -0.118. The molecule has 0 spiro atoms. The molecule has 0 aliphatic carbocycles. The van der Waals surface area contributed by atoms with Crippen LogP contribution in [-0.2, 0) is 4.79 Å². The Balaban J connectivity index is 1.87. The van der Waals surface area contributed by atoms with Crippen LogP contribution in [-0.4, -0.2) is 21.6 Å². The lowest BCUT2D eigenvalue weighted by Gasteiger charge is -2.04. The van der Waals surface area contributed by atoms with Crippen LogP contribution in [0.3, 0.4) is 0 Å². The van der Waals surface area contributed by atoms with Gasteiger partial charge < -0.3 is 4.74 Å². The topological polar surface area (TPSA) is 113 Å². The van der Waals surface area contributed by atoms with E-state index in [4.69, 9.17) is 4.74 Å². The maximum Gasteiger partial charge on any atom is 0.321 e. The molecule has 0 unspecified atom stereocenters. The zero-order valence-electron chi connectivity index (χ0n) is 11.6. The molecule has 2 rings (SSSR count). The molecule has 0 heterocycles. The summed E-state index contributed by atoms with van der Waals surface area (Å²) >= 11 is 1.17. The van der Waals surface area contributed by atoms with Gasteiger partial charge in [-0.1, -0.05) is 0 Å². The standard InChI is InChI=1S/C14H10N2O6S/c17-14(22-12-5-1-10(2-6-12)15(18)19)9-23-13-7-3-11(4-8-13)16(20)21/h1-8H,9H2. The van der Waals surface area contributed by atoms with Crippen LogP contribution in [0.25, 0.3) is 0 Å². The smallest absolute Gasteiger partial charge is 0.321 e. The number of hydrogen-bond acceptors (Lipinski definition) is 7. The number of esters is 1. The van der Waals surface area contributed by atoms with Crippen molar-refractivity contribution in [2.24, 2.45) is 0 Å². The molecule has 2 aromatic carbocycles. The number of carbonyl (C=O) groups excluding carboxylic acids is 1. The van der Waals surface area contributed by atoms with Gasteiger partial charge in [-0.25, -0.2) is 0 Å². The number of carbonyl (C=O) groups is 1. The van der Waals surface area contributed by atoms with Crippen molar-refractivity contribution in [3.8, 4) is 5.75 Å². The highest BCUT2D eigenvalue weighted by Crippen LogP contribution is 2.22. The first kappa shape index (κ1) is 16.4. The predicted octanol–water partition coefficient (Wildman–Crippen LogP) is 3.20. The lowest BCUT2D eigenvalue weighted by atomic mass is 10.3. The largest absolute Gasteiger partial charge is 0.426 e. The Hall–Kier alpha value is -2.94. The molecule has 0 radical (unpaired) electrons. The van der Waals surface area contributed by atoms with Crippen molar-refractivity contribution in [2.45, 2.75) is 4.90 Å². The number of ether oxygens (including phenoxy) is 1. The Morgan fingerprint density at radius 3 is 1.87 bits per heavy atom. The first-order chi connectivity index (χ1) is 11.0. The van der Waals surface area contributed by atoms with E-state index in [2.05, 4.69) is 0 Å². The molecule has 2 aromatic rings. The number of benzene rings is 2. The van der Waals surface area contributed by atoms with E-state index in [1.54, 1.807) is 12.1 Å². The average molecular weight is 334 g/mol. The highest BCUT2D eigenvalue weighted by molar-refractivity contribution is 8.00. The van der Waals surface area contributed by atoms with Crippen LogP contribution in [0.1, 0.15) is 0 Å². The zero-order chi connectivity index (χ0) is 16.8. The third kappa shape index (κ3) is 4.78. The second-order valence-electron chi connectivity index (χ2n) is 4.26.